The van der Waals surface area contributed by atoms with E-state index in [4.69, 9.17) is 5.11 Å². The van der Waals surface area contributed by atoms with E-state index in [-0.39, 0.29) is 17.7 Å². The van der Waals surface area contributed by atoms with Crippen LogP contribution in [0.5, 0.6) is 0 Å². The first-order valence-electron chi connectivity index (χ1n) is 7.57. The van der Waals surface area contributed by atoms with Gasteiger partial charge in [-0.2, -0.15) is 0 Å². The molecule has 0 bridgehead atoms. The summed E-state index contributed by atoms with van der Waals surface area (Å²) in [5.74, 6) is -1.14. The second kappa shape index (κ2) is 5.79. The SMILES string of the molecule is CC1CN(C(=O)c2ccc3ccccc3c2)CCC1C(=O)O. The molecule has 4 nitrogen and oxygen atoms in total. The quantitative estimate of drug-likeness (QED) is 0.927. The van der Waals surface area contributed by atoms with E-state index in [1.165, 1.54) is 0 Å². The number of piperidine rings is 1. The number of fused-ring (bicyclic) bond motifs is 1. The molecule has 4 heteroatoms. The minimum atomic E-state index is -0.759. The van der Waals surface area contributed by atoms with Crippen LogP contribution in [0.3, 0.4) is 0 Å². The van der Waals surface area contributed by atoms with Gasteiger partial charge in [0.25, 0.3) is 5.91 Å². The first kappa shape index (κ1) is 14.6. The number of likely N-dealkylation sites (tertiary alicyclic amines) is 1. The monoisotopic (exact) mass is 297 g/mol. The molecule has 0 spiro atoms. The third-order valence-corrected chi connectivity index (χ3v) is 4.51. The number of rotatable bonds is 2. The number of aliphatic carboxylic acids is 1. The lowest BCUT2D eigenvalue weighted by atomic mass is 9.87. The van der Waals surface area contributed by atoms with Crippen molar-refractivity contribution >= 4 is 22.6 Å². The lowest BCUT2D eigenvalue weighted by molar-refractivity contribution is -0.145. The molecule has 1 aliphatic rings. The second-order valence-corrected chi connectivity index (χ2v) is 6.02. The van der Waals surface area contributed by atoms with Gasteiger partial charge in [0.05, 0.1) is 5.92 Å². The van der Waals surface area contributed by atoms with Gasteiger partial charge in [0, 0.05) is 18.7 Å². The van der Waals surface area contributed by atoms with Crippen LogP contribution in [0.25, 0.3) is 10.8 Å². The van der Waals surface area contributed by atoms with Crippen LogP contribution >= 0.6 is 0 Å². The van der Waals surface area contributed by atoms with Gasteiger partial charge in [0.2, 0.25) is 0 Å². The smallest absolute Gasteiger partial charge is 0.306 e. The molecule has 1 aliphatic heterocycles. The highest BCUT2D eigenvalue weighted by Crippen LogP contribution is 2.25. The Balaban J connectivity index is 1.80. The van der Waals surface area contributed by atoms with Gasteiger partial charge in [0.1, 0.15) is 0 Å². The van der Waals surface area contributed by atoms with Gasteiger partial charge < -0.3 is 10.0 Å². The molecule has 2 aromatic rings. The Bertz CT molecular complexity index is 725. The van der Waals surface area contributed by atoms with Gasteiger partial charge in [-0.25, -0.2) is 0 Å². The van der Waals surface area contributed by atoms with Crippen LogP contribution < -0.4 is 0 Å². The Morgan fingerprint density at radius 1 is 1.14 bits per heavy atom. The van der Waals surface area contributed by atoms with Crippen molar-refractivity contribution in [2.75, 3.05) is 13.1 Å². The Kier molecular flexibility index (Phi) is 3.84. The van der Waals surface area contributed by atoms with E-state index in [2.05, 4.69) is 0 Å². The maximum Gasteiger partial charge on any atom is 0.306 e. The van der Waals surface area contributed by atoms with E-state index >= 15 is 0 Å². The average Bonchev–Trinajstić information content (AvgIpc) is 2.53. The minimum Gasteiger partial charge on any atom is -0.481 e. The fraction of sp³-hybridized carbons (Fsp3) is 0.333. The normalized spacial score (nSPS) is 21.8. The number of hydrogen-bond acceptors (Lipinski definition) is 2. The molecule has 0 saturated carbocycles. The van der Waals surface area contributed by atoms with Crippen LogP contribution in [-0.2, 0) is 4.79 Å². The highest BCUT2D eigenvalue weighted by molar-refractivity contribution is 5.98. The van der Waals surface area contributed by atoms with E-state index < -0.39 is 5.97 Å². The third-order valence-electron chi connectivity index (χ3n) is 4.51. The summed E-state index contributed by atoms with van der Waals surface area (Å²) in [7, 11) is 0. The van der Waals surface area contributed by atoms with E-state index in [1.54, 1.807) is 4.90 Å². The summed E-state index contributed by atoms with van der Waals surface area (Å²) in [6, 6.07) is 13.6. The van der Waals surface area contributed by atoms with Crippen molar-refractivity contribution in [1.29, 1.82) is 0 Å². The molecule has 1 amide bonds. The summed E-state index contributed by atoms with van der Waals surface area (Å²) < 4.78 is 0. The number of carbonyl (C=O) groups excluding carboxylic acids is 1. The van der Waals surface area contributed by atoms with Crippen LogP contribution in [0.1, 0.15) is 23.7 Å². The van der Waals surface area contributed by atoms with Crippen molar-refractivity contribution < 1.29 is 14.7 Å². The Labute approximate surface area is 129 Å². The number of carboxylic acid groups (broad SMARTS) is 1. The molecule has 1 saturated heterocycles. The maximum absolute atomic E-state index is 12.6. The Hall–Kier alpha value is -2.36. The molecule has 0 aromatic heterocycles. The van der Waals surface area contributed by atoms with Crippen molar-refractivity contribution in [3.8, 4) is 0 Å². The number of carboxylic acids is 1. The number of benzene rings is 2. The highest BCUT2D eigenvalue weighted by Gasteiger charge is 2.33. The van der Waals surface area contributed by atoms with Crippen molar-refractivity contribution in [2.24, 2.45) is 11.8 Å². The van der Waals surface area contributed by atoms with Gasteiger partial charge in [0.15, 0.2) is 0 Å². The summed E-state index contributed by atoms with van der Waals surface area (Å²) in [6.45, 7) is 2.91. The van der Waals surface area contributed by atoms with Crippen molar-refractivity contribution in [1.82, 2.24) is 4.90 Å². The molecule has 0 radical (unpaired) electrons. The van der Waals surface area contributed by atoms with Crippen LogP contribution in [-0.4, -0.2) is 35.0 Å². The molecule has 2 atom stereocenters. The van der Waals surface area contributed by atoms with Gasteiger partial charge >= 0.3 is 5.97 Å². The zero-order chi connectivity index (χ0) is 15.7. The first-order chi connectivity index (χ1) is 10.6. The molecule has 1 fully saturated rings. The lowest BCUT2D eigenvalue weighted by Gasteiger charge is -2.35. The largest absolute Gasteiger partial charge is 0.481 e. The Morgan fingerprint density at radius 3 is 2.55 bits per heavy atom. The predicted octanol–water partition coefficient (Wildman–Crippen LogP) is 3.02. The molecule has 1 heterocycles. The molecular weight excluding hydrogens is 278 g/mol. The topological polar surface area (TPSA) is 57.6 Å². The molecule has 22 heavy (non-hydrogen) atoms. The molecule has 2 aromatic carbocycles. The molecule has 1 N–H and O–H groups in total. The van der Waals surface area contributed by atoms with Crippen LogP contribution in [0.2, 0.25) is 0 Å². The van der Waals surface area contributed by atoms with Gasteiger partial charge in [-0.3, -0.25) is 9.59 Å². The third kappa shape index (κ3) is 2.69. The van der Waals surface area contributed by atoms with E-state index in [0.29, 0.717) is 25.1 Å². The molecule has 3 rings (SSSR count). The van der Waals surface area contributed by atoms with Crippen molar-refractivity contribution in [3.63, 3.8) is 0 Å². The first-order valence-corrected chi connectivity index (χ1v) is 7.57. The van der Waals surface area contributed by atoms with Crippen LogP contribution in [0.15, 0.2) is 42.5 Å². The minimum absolute atomic E-state index is 0.0126. The summed E-state index contributed by atoms with van der Waals surface area (Å²) in [4.78, 5) is 25.6. The van der Waals surface area contributed by atoms with Crippen molar-refractivity contribution in [3.05, 3.63) is 48.0 Å². The van der Waals surface area contributed by atoms with Crippen LogP contribution in [0.4, 0.5) is 0 Å². The summed E-state index contributed by atoms with van der Waals surface area (Å²) >= 11 is 0. The zero-order valence-corrected chi connectivity index (χ0v) is 12.5. The van der Waals surface area contributed by atoms with Gasteiger partial charge in [-0.15, -0.1) is 0 Å². The Morgan fingerprint density at radius 2 is 1.86 bits per heavy atom. The van der Waals surface area contributed by atoms with Crippen LogP contribution in [0, 0.1) is 11.8 Å². The van der Waals surface area contributed by atoms with Crippen molar-refractivity contribution in [2.45, 2.75) is 13.3 Å². The van der Waals surface area contributed by atoms with Gasteiger partial charge in [-0.1, -0.05) is 37.3 Å². The lowest BCUT2D eigenvalue weighted by Crippen LogP contribution is -2.45. The molecule has 0 aliphatic carbocycles. The highest BCUT2D eigenvalue weighted by atomic mass is 16.4. The predicted molar refractivity (Wildman–Crippen MR) is 84.8 cm³/mol. The standard InChI is InChI=1S/C18H19NO3/c1-12-11-19(9-8-16(12)18(21)22)17(20)15-7-6-13-4-2-3-5-14(13)10-15/h2-7,10,12,16H,8-9,11H2,1H3,(H,21,22). The fourth-order valence-electron chi connectivity index (χ4n) is 3.20. The zero-order valence-electron chi connectivity index (χ0n) is 12.5. The summed E-state index contributed by atoms with van der Waals surface area (Å²) in [5.41, 5.74) is 0.666. The maximum atomic E-state index is 12.6. The van der Waals surface area contributed by atoms with Gasteiger partial charge in [-0.05, 0) is 35.2 Å². The number of amides is 1. The second-order valence-electron chi connectivity index (χ2n) is 6.02. The average molecular weight is 297 g/mol. The van der Waals surface area contributed by atoms with E-state index in [9.17, 15) is 9.59 Å². The van der Waals surface area contributed by atoms with E-state index in [1.807, 2.05) is 49.4 Å². The molecular formula is C18H19NO3. The van der Waals surface area contributed by atoms with E-state index in [0.717, 1.165) is 10.8 Å². The number of carbonyl (C=O) groups is 2. The summed E-state index contributed by atoms with van der Waals surface area (Å²) in [5, 5.41) is 11.3. The molecule has 114 valence electrons. The fourth-order valence-corrected chi connectivity index (χ4v) is 3.20. The summed E-state index contributed by atoms with van der Waals surface area (Å²) in [6.07, 6.45) is 0.524. The number of nitrogens with zero attached hydrogens (tertiary/aromatic N) is 1. The molecule has 2 unspecified atom stereocenters. The number of hydrogen-bond donors (Lipinski definition) is 1.